The fourth-order valence-electron chi connectivity index (χ4n) is 2.21. The Hall–Kier alpha value is -2.07. The number of anilines is 1. The third-order valence-electron chi connectivity index (χ3n) is 3.12. The van der Waals surface area contributed by atoms with E-state index in [1.165, 1.54) is 0 Å². The molecule has 0 unspecified atom stereocenters. The second kappa shape index (κ2) is 4.55. The summed E-state index contributed by atoms with van der Waals surface area (Å²) in [5.74, 6) is 0.883. The second-order valence-corrected chi connectivity index (χ2v) is 4.69. The Morgan fingerprint density at radius 2 is 2.16 bits per heavy atom. The maximum absolute atomic E-state index is 5.96. The van der Waals surface area contributed by atoms with Gasteiger partial charge in [0, 0.05) is 18.3 Å². The fourth-order valence-corrected chi connectivity index (χ4v) is 2.32. The van der Waals surface area contributed by atoms with Gasteiger partial charge in [0.15, 0.2) is 0 Å². The number of rotatable bonds is 2. The highest BCUT2D eigenvalue weighted by atomic mass is 35.5. The minimum atomic E-state index is 0.560. The molecular formula is C14H13ClN4. The fraction of sp³-hybridized carbons (Fsp3) is 0.143. The lowest BCUT2D eigenvalue weighted by atomic mass is 10.2. The Morgan fingerprint density at radius 3 is 2.89 bits per heavy atom. The summed E-state index contributed by atoms with van der Waals surface area (Å²) in [6.45, 7) is 2.92. The van der Waals surface area contributed by atoms with Crippen LogP contribution in [0.2, 0.25) is 5.02 Å². The highest BCUT2D eigenvalue weighted by molar-refractivity contribution is 6.33. The molecule has 3 aromatic rings. The van der Waals surface area contributed by atoms with Crippen LogP contribution in [-0.2, 0) is 6.54 Å². The molecule has 0 atom stereocenters. The van der Waals surface area contributed by atoms with E-state index in [-0.39, 0.29) is 0 Å². The third kappa shape index (κ3) is 1.94. The number of hydrogen-bond acceptors (Lipinski definition) is 3. The van der Waals surface area contributed by atoms with Crippen LogP contribution in [-0.4, -0.2) is 14.5 Å². The molecule has 96 valence electrons. The zero-order valence-corrected chi connectivity index (χ0v) is 11.2. The summed E-state index contributed by atoms with van der Waals surface area (Å²) in [5.41, 5.74) is 9.34. The monoisotopic (exact) mass is 272 g/mol. The van der Waals surface area contributed by atoms with Crippen molar-refractivity contribution in [2.45, 2.75) is 13.5 Å². The van der Waals surface area contributed by atoms with Crippen molar-refractivity contribution >= 4 is 28.3 Å². The van der Waals surface area contributed by atoms with Gasteiger partial charge in [-0.3, -0.25) is 4.98 Å². The predicted molar refractivity (Wildman–Crippen MR) is 78.1 cm³/mol. The normalized spacial score (nSPS) is 11.1. The molecule has 0 saturated carbocycles. The van der Waals surface area contributed by atoms with Crippen LogP contribution in [0.25, 0.3) is 22.4 Å². The molecule has 0 spiro atoms. The Kier molecular flexibility index (Phi) is 2.87. The number of aromatic nitrogens is 3. The smallest absolute Gasteiger partial charge is 0.141 e. The Balaban J connectivity index is 2.26. The van der Waals surface area contributed by atoms with Crippen LogP contribution in [0.3, 0.4) is 0 Å². The number of nitrogens with two attached hydrogens (primary N) is 1. The number of aryl methyl sites for hydroxylation is 1. The van der Waals surface area contributed by atoms with Crippen molar-refractivity contribution in [2.24, 2.45) is 0 Å². The van der Waals surface area contributed by atoms with Crippen molar-refractivity contribution in [1.82, 2.24) is 14.5 Å². The highest BCUT2D eigenvalue weighted by Crippen LogP contribution is 2.28. The Morgan fingerprint density at radius 1 is 1.32 bits per heavy atom. The summed E-state index contributed by atoms with van der Waals surface area (Å²) in [6, 6.07) is 7.54. The van der Waals surface area contributed by atoms with Crippen molar-refractivity contribution < 1.29 is 0 Å². The predicted octanol–water partition coefficient (Wildman–Crippen LogP) is 3.35. The summed E-state index contributed by atoms with van der Waals surface area (Å²) in [5, 5.41) is 0.560. The van der Waals surface area contributed by atoms with Crippen LogP contribution in [0, 0.1) is 0 Å². The lowest BCUT2D eigenvalue weighted by Gasteiger charge is -2.07. The molecule has 1 aromatic carbocycles. The van der Waals surface area contributed by atoms with Crippen molar-refractivity contribution in [3.63, 3.8) is 0 Å². The van der Waals surface area contributed by atoms with Gasteiger partial charge in [0.05, 0.1) is 22.4 Å². The molecule has 4 nitrogen and oxygen atoms in total. The standard InChI is InChI=1S/C14H13ClN4/c1-2-19-13-5-6-17-8-12(13)18-14(19)9-3-4-10(15)11(16)7-9/h3-8H,2,16H2,1H3. The topological polar surface area (TPSA) is 56.7 Å². The van der Waals surface area contributed by atoms with Gasteiger partial charge in [-0.25, -0.2) is 4.98 Å². The van der Waals surface area contributed by atoms with E-state index < -0.39 is 0 Å². The summed E-state index contributed by atoms with van der Waals surface area (Å²) < 4.78 is 2.14. The summed E-state index contributed by atoms with van der Waals surface area (Å²) in [6.07, 6.45) is 3.54. The molecule has 0 aliphatic heterocycles. The van der Waals surface area contributed by atoms with Gasteiger partial charge in [-0.1, -0.05) is 11.6 Å². The summed E-state index contributed by atoms with van der Waals surface area (Å²) in [4.78, 5) is 8.73. The molecular weight excluding hydrogens is 260 g/mol. The van der Waals surface area contributed by atoms with Gasteiger partial charge in [0.1, 0.15) is 11.3 Å². The van der Waals surface area contributed by atoms with Crippen LogP contribution >= 0.6 is 11.6 Å². The molecule has 0 aliphatic carbocycles. The number of pyridine rings is 1. The first kappa shape index (κ1) is 12.0. The number of nitrogens with zero attached hydrogens (tertiary/aromatic N) is 3. The van der Waals surface area contributed by atoms with E-state index in [9.17, 15) is 0 Å². The second-order valence-electron chi connectivity index (χ2n) is 4.28. The van der Waals surface area contributed by atoms with Crippen LogP contribution < -0.4 is 5.73 Å². The molecule has 19 heavy (non-hydrogen) atoms. The van der Waals surface area contributed by atoms with Crippen molar-refractivity contribution in [3.8, 4) is 11.4 Å². The number of fused-ring (bicyclic) bond motifs is 1. The third-order valence-corrected chi connectivity index (χ3v) is 3.47. The zero-order valence-electron chi connectivity index (χ0n) is 10.5. The van der Waals surface area contributed by atoms with Gasteiger partial charge in [0.25, 0.3) is 0 Å². The van der Waals surface area contributed by atoms with E-state index >= 15 is 0 Å². The first-order valence-electron chi connectivity index (χ1n) is 6.06. The first-order chi connectivity index (χ1) is 9.20. The number of hydrogen-bond donors (Lipinski definition) is 1. The van der Waals surface area contributed by atoms with Gasteiger partial charge < -0.3 is 10.3 Å². The molecule has 0 bridgehead atoms. The molecule has 2 heterocycles. The SMILES string of the molecule is CCn1c(-c2ccc(Cl)c(N)c2)nc2cnccc21. The van der Waals surface area contributed by atoms with Crippen LogP contribution in [0.1, 0.15) is 6.92 Å². The number of imidazole rings is 1. The minimum Gasteiger partial charge on any atom is -0.398 e. The van der Waals surface area contributed by atoms with Gasteiger partial charge in [0.2, 0.25) is 0 Å². The lowest BCUT2D eigenvalue weighted by molar-refractivity contribution is 0.796. The van der Waals surface area contributed by atoms with E-state index in [1.54, 1.807) is 18.5 Å². The Labute approximate surface area is 115 Å². The summed E-state index contributed by atoms with van der Waals surface area (Å²) >= 11 is 5.96. The first-order valence-corrected chi connectivity index (χ1v) is 6.44. The lowest BCUT2D eigenvalue weighted by Crippen LogP contribution is -1.98. The van der Waals surface area contributed by atoms with Gasteiger partial charge in [-0.2, -0.15) is 0 Å². The molecule has 3 rings (SSSR count). The molecule has 2 N–H and O–H groups in total. The van der Waals surface area contributed by atoms with Crippen molar-refractivity contribution in [2.75, 3.05) is 5.73 Å². The van der Waals surface area contributed by atoms with E-state index in [4.69, 9.17) is 17.3 Å². The maximum Gasteiger partial charge on any atom is 0.141 e. The van der Waals surface area contributed by atoms with Crippen LogP contribution in [0.4, 0.5) is 5.69 Å². The zero-order chi connectivity index (χ0) is 13.4. The van der Waals surface area contributed by atoms with Crippen LogP contribution in [0.5, 0.6) is 0 Å². The quantitative estimate of drug-likeness (QED) is 0.728. The number of nitrogen functional groups attached to an aromatic ring is 1. The molecule has 5 heteroatoms. The van der Waals surface area contributed by atoms with Gasteiger partial charge >= 0.3 is 0 Å². The highest BCUT2D eigenvalue weighted by Gasteiger charge is 2.12. The van der Waals surface area contributed by atoms with E-state index in [1.807, 2.05) is 18.2 Å². The maximum atomic E-state index is 5.96. The number of benzene rings is 1. The molecule has 2 aromatic heterocycles. The van der Waals surface area contributed by atoms with Gasteiger partial charge in [-0.05, 0) is 31.2 Å². The van der Waals surface area contributed by atoms with Crippen molar-refractivity contribution in [1.29, 1.82) is 0 Å². The minimum absolute atomic E-state index is 0.560. The largest absolute Gasteiger partial charge is 0.398 e. The van der Waals surface area contributed by atoms with Gasteiger partial charge in [-0.15, -0.1) is 0 Å². The molecule has 0 radical (unpaired) electrons. The van der Waals surface area contributed by atoms with E-state index in [0.29, 0.717) is 10.7 Å². The molecule has 0 amide bonds. The molecule has 0 aliphatic rings. The summed E-state index contributed by atoms with van der Waals surface area (Å²) in [7, 11) is 0. The Bertz CT molecular complexity index is 748. The van der Waals surface area contributed by atoms with E-state index in [2.05, 4.69) is 21.5 Å². The average molecular weight is 273 g/mol. The van der Waals surface area contributed by atoms with E-state index in [0.717, 1.165) is 29.0 Å². The molecule has 0 saturated heterocycles. The average Bonchev–Trinajstić information content (AvgIpc) is 2.80. The van der Waals surface area contributed by atoms with Crippen LogP contribution in [0.15, 0.2) is 36.7 Å². The number of halogens is 1. The molecule has 0 fully saturated rings. The van der Waals surface area contributed by atoms with Crippen molar-refractivity contribution in [3.05, 3.63) is 41.7 Å².